The van der Waals surface area contributed by atoms with E-state index in [4.69, 9.17) is 5.73 Å². The van der Waals surface area contributed by atoms with E-state index in [1.165, 1.54) is 0 Å². The lowest BCUT2D eigenvalue weighted by Crippen LogP contribution is -2.47. The number of pyridine rings is 1. The standard InChI is InChI=1S/C12H18N4O/c1-15-5-7-16(8-6-15)12(17)11-4-2-3-10(9-13)14-11/h2-4H,5-9,13H2,1H3. The zero-order valence-corrected chi connectivity index (χ0v) is 10.1. The summed E-state index contributed by atoms with van der Waals surface area (Å²) in [4.78, 5) is 20.5. The lowest BCUT2D eigenvalue weighted by Gasteiger charge is -2.32. The average Bonchev–Trinajstić information content (AvgIpc) is 2.39. The van der Waals surface area contributed by atoms with Crippen molar-refractivity contribution in [2.45, 2.75) is 6.54 Å². The molecule has 1 saturated heterocycles. The highest BCUT2D eigenvalue weighted by atomic mass is 16.2. The summed E-state index contributed by atoms with van der Waals surface area (Å²) in [6.45, 7) is 3.74. The van der Waals surface area contributed by atoms with Crippen molar-refractivity contribution in [3.05, 3.63) is 29.6 Å². The molecule has 5 nitrogen and oxygen atoms in total. The molecule has 0 atom stereocenters. The number of piperazine rings is 1. The Balaban J connectivity index is 2.08. The Morgan fingerprint density at radius 3 is 2.71 bits per heavy atom. The van der Waals surface area contributed by atoms with Crippen LogP contribution in [0.1, 0.15) is 16.2 Å². The highest BCUT2D eigenvalue weighted by molar-refractivity contribution is 5.92. The first-order valence-electron chi connectivity index (χ1n) is 5.84. The van der Waals surface area contributed by atoms with E-state index in [1.54, 1.807) is 6.07 Å². The van der Waals surface area contributed by atoms with Gasteiger partial charge in [-0.15, -0.1) is 0 Å². The summed E-state index contributed by atoms with van der Waals surface area (Å²) in [7, 11) is 2.06. The fraction of sp³-hybridized carbons (Fsp3) is 0.500. The number of hydrogen-bond donors (Lipinski definition) is 1. The van der Waals surface area contributed by atoms with E-state index in [0.717, 1.165) is 31.9 Å². The predicted octanol–water partition coefficient (Wildman–Crippen LogP) is -0.0721. The van der Waals surface area contributed by atoms with Crippen LogP contribution in [0.2, 0.25) is 0 Å². The summed E-state index contributed by atoms with van der Waals surface area (Å²) in [5, 5.41) is 0. The normalized spacial score (nSPS) is 17.2. The molecule has 0 aromatic carbocycles. The van der Waals surface area contributed by atoms with Gasteiger partial charge < -0.3 is 15.5 Å². The second-order valence-electron chi connectivity index (χ2n) is 4.31. The van der Waals surface area contributed by atoms with Gasteiger partial charge in [-0.25, -0.2) is 4.98 Å². The minimum Gasteiger partial charge on any atom is -0.335 e. The smallest absolute Gasteiger partial charge is 0.272 e. The molecule has 1 aliphatic heterocycles. The van der Waals surface area contributed by atoms with Crippen LogP contribution in [-0.4, -0.2) is 53.9 Å². The average molecular weight is 234 g/mol. The molecule has 0 radical (unpaired) electrons. The molecule has 1 aliphatic rings. The third kappa shape index (κ3) is 2.81. The molecule has 92 valence electrons. The van der Waals surface area contributed by atoms with E-state index in [-0.39, 0.29) is 5.91 Å². The van der Waals surface area contributed by atoms with E-state index in [1.807, 2.05) is 17.0 Å². The summed E-state index contributed by atoms with van der Waals surface area (Å²) in [6.07, 6.45) is 0. The SMILES string of the molecule is CN1CCN(C(=O)c2cccc(CN)n2)CC1. The van der Waals surface area contributed by atoms with Gasteiger partial charge in [-0.05, 0) is 19.2 Å². The van der Waals surface area contributed by atoms with Crippen LogP contribution in [-0.2, 0) is 6.54 Å². The molecule has 2 rings (SSSR count). The largest absolute Gasteiger partial charge is 0.335 e. The van der Waals surface area contributed by atoms with Crippen molar-refractivity contribution >= 4 is 5.91 Å². The van der Waals surface area contributed by atoms with Crippen LogP contribution in [0.4, 0.5) is 0 Å². The molecule has 0 bridgehead atoms. The molecule has 1 aromatic heterocycles. The summed E-state index contributed by atoms with van der Waals surface area (Å²) >= 11 is 0. The van der Waals surface area contributed by atoms with Crippen molar-refractivity contribution in [1.29, 1.82) is 0 Å². The van der Waals surface area contributed by atoms with Crippen LogP contribution in [0.3, 0.4) is 0 Å². The molecular weight excluding hydrogens is 216 g/mol. The van der Waals surface area contributed by atoms with Gasteiger partial charge in [0.25, 0.3) is 5.91 Å². The molecule has 0 spiro atoms. The number of aromatic nitrogens is 1. The van der Waals surface area contributed by atoms with Crippen LogP contribution >= 0.6 is 0 Å². The third-order valence-electron chi connectivity index (χ3n) is 3.03. The molecule has 0 aliphatic carbocycles. The first-order valence-corrected chi connectivity index (χ1v) is 5.84. The number of carbonyl (C=O) groups excluding carboxylic acids is 1. The van der Waals surface area contributed by atoms with Crippen molar-refractivity contribution in [3.8, 4) is 0 Å². The van der Waals surface area contributed by atoms with Crippen LogP contribution in [0, 0.1) is 0 Å². The fourth-order valence-corrected chi connectivity index (χ4v) is 1.88. The molecule has 2 N–H and O–H groups in total. The van der Waals surface area contributed by atoms with Crippen molar-refractivity contribution in [3.63, 3.8) is 0 Å². The summed E-state index contributed by atoms with van der Waals surface area (Å²) in [6, 6.07) is 5.42. The maximum atomic E-state index is 12.2. The number of rotatable bonds is 2. The Bertz CT molecular complexity index is 399. The number of nitrogens with zero attached hydrogens (tertiary/aromatic N) is 3. The first-order chi connectivity index (χ1) is 8.20. The lowest BCUT2D eigenvalue weighted by molar-refractivity contribution is 0.0658. The minimum atomic E-state index is 0.00778. The van der Waals surface area contributed by atoms with E-state index in [9.17, 15) is 4.79 Å². The van der Waals surface area contributed by atoms with E-state index < -0.39 is 0 Å². The maximum Gasteiger partial charge on any atom is 0.272 e. The van der Waals surface area contributed by atoms with Gasteiger partial charge in [0.15, 0.2) is 0 Å². The quantitative estimate of drug-likeness (QED) is 0.778. The highest BCUT2D eigenvalue weighted by Crippen LogP contribution is 2.07. The number of carbonyl (C=O) groups is 1. The van der Waals surface area contributed by atoms with Crippen LogP contribution in [0.25, 0.3) is 0 Å². The predicted molar refractivity (Wildman–Crippen MR) is 65.5 cm³/mol. The molecule has 17 heavy (non-hydrogen) atoms. The number of likely N-dealkylation sites (N-methyl/N-ethyl adjacent to an activating group) is 1. The summed E-state index contributed by atoms with van der Waals surface area (Å²) in [5.74, 6) is 0.00778. The fourth-order valence-electron chi connectivity index (χ4n) is 1.88. The Labute approximate surface area is 101 Å². The van der Waals surface area contributed by atoms with Gasteiger partial charge in [0.05, 0.1) is 5.69 Å². The Morgan fingerprint density at radius 1 is 1.35 bits per heavy atom. The van der Waals surface area contributed by atoms with Gasteiger partial charge in [-0.3, -0.25) is 4.79 Å². The van der Waals surface area contributed by atoms with Gasteiger partial charge in [0, 0.05) is 32.7 Å². The Hall–Kier alpha value is -1.46. The van der Waals surface area contributed by atoms with Crippen molar-refractivity contribution in [2.75, 3.05) is 33.2 Å². The van der Waals surface area contributed by atoms with Gasteiger partial charge >= 0.3 is 0 Å². The van der Waals surface area contributed by atoms with Crippen LogP contribution < -0.4 is 5.73 Å². The van der Waals surface area contributed by atoms with Crippen molar-refractivity contribution in [2.24, 2.45) is 5.73 Å². The zero-order chi connectivity index (χ0) is 12.3. The van der Waals surface area contributed by atoms with Crippen LogP contribution in [0.5, 0.6) is 0 Å². The van der Waals surface area contributed by atoms with E-state index in [2.05, 4.69) is 16.9 Å². The monoisotopic (exact) mass is 234 g/mol. The third-order valence-corrected chi connectivity index (χ3v) is 3.03. The topological polar surface area (TPSA) is 62.5 Å². The molecule has 1 amide bonds. The Morgan fingerprint density at radius 2 is 2.06 bits per heavy atom. The maximum absolute atomic E-state index is 12.2. The van der Waals surface area contributed by atoms with Crippen LogP contribution in [0.15, 0.2) is 18.2 Å². The minimum absolute atomic E-state index is 0.00778. The second-order valence-corrected chi connectivity index (χ2v) is 4.31. The van der Waals surface area contributed by atoms with Gasteiger partial charge in [-0.1, -0.05) is 6.07 Å². The molecule has 0 saturated carbocycles. The number of hydrogen-bond acceptors (Lipinski definition) is 4. The molecule has 1 fully saturated rings. The van der Waals surface area contributed by atoms with Crippen molar-refractivity contribution in [1.82, 2.24) is 14.8 Å². The molecule has 5 heteroatoms. The van der Waals surface area contributed by atoms with Gasteiger partial charge in [-0.2, -0.15) is 0 Å². The summed E-state index contributed by atoms with van der Waals surface area (Å²) < 4.78 is 0. The number of amides is 1. The molecule has 1 aromatic rings. The summed E-state index contributed by atoms with van der Waals surface area (Å²) in [5.41, 5.74) is 6.77. The van der Waals surface area contributed by atoms with Gasteiger partial charge in [0.1, 0.15) is 5.69 Å². The molecular formula is C12H18N4O. The molecule has 0 unspecified atom stereocenters. The Kier molecular flexibility index (Phi) is 3.71. The number of nitrogens with two attached hydrogens (primary N) is 1. The highest BCUT2D eigenvalue weighted by Gasteiger charge is 2.21. The van der Waals surface area contributed by atoms with Crippen molar-refractivity contribution < 1.29 is 4.79 Å². The second kappa shape index (κ2) is 5.25. The lowest BCUT2D eigenvalue weighted by atomic mass is 10.2. The molecule has 2 heterocycles. The van der Waals surface area contributed by atoms with E-state index in [0.29, 0.717) is 12.2 Å². The van der Waals surface area contributed by atoms with Gasteiger partial charge in [0.2, 0.25) is 0 Å². The zero-order valence-electron chi connectivity index (χ0n) is 10.1. The van der Waals surface area contributed by atoms with E-state index >= 15 is 0 Å². The first kappa shape index (κ1) is 12.0.